The van der Waals surface area contributed by atoms with Crippen LogP contribution in [-0.2, 0) is 100.0 Å². The van der Waals surface area contributed by atoms with Gasteiger partial charge in [-0.1, -0.05) is 132 Å². The second-order valence-electron chi connectivity index (χ2n) is 16.9. The van der Waals surface area contributed by atoms with Crippen LogP contribution in [0.3, 0.4) is 0 Å². The molecule has 2 aromatic heterocycles. The van der Waals surface area contributed by atoms with E-state index >= 15 is 0 Å². The van der Waals surface area contributed by atoms with E-state index in [0.717, 1.165) is 22.3 Å². The number of hydrogen-bond donors (Lipinski definition) is 4. The molecule has 0 unspecified atom stereocenters. The highest BCUT2D eigenvalue weighted by Crippen LogP contribution is 2.35. The fraction of sp³-hybridized carbons (Fsp3) is 0.321. The quantitative estimate of drug-likeness (QED) is 0.0426. The summed E-state index contributed by atoms with van der Waals surface area (Å²) in [6, 6.07) is 35.2. The highest BCUT2D eigenvalue weighted by atomic mass is 16.7. The number of carbonyl (C=O) groups is 4. The molecule has 4 aromatic carbocycles. The zero-order valence-electron chi connectivity index (χ0n) is 40.3. The van der Waals surface area contributed by atoms with Crippen molar-refractivity contribution in [1.82, 2.24) is 40.6 Å². The maximum atomic E-state index is 12.8. The molecular formula is C53H58N8O12. The van der Waals surface area contributed by atoms with Gasteiger partial charge in [-0.05, 0) is 35.1 Å². The Kier molecular flexibility index (Phi) is 19.6. The first-order valence-electron chi connectivity index (χ1n) is 23.7. The van der Waals surface area contributed by atoms with E-state index < -0.39 is 42.1 Å². The zero-order valence-corrected chi connectivity index (χ0v) is 40.3. The van der Waals surface area contributed by atoms with Crippen molar-refractivity contribution in [1.29, 1.82) is 0 Å². The Bertz CT molecular complexity index is 2770. The highest BCUT2D eigenvalue weighted by molar-refractivity contribution is 5.84. The summed E-state index contributed by atoms with van der Waals surface area (Å²) in [4.78, 5) is 49.4. The van der Waals surface area contributed by atoms with Crippen LogP contribution in [-0.4, -0.2) is 96.0 Å². The molecule has 6 aromatic rings. The molecule has 0 saturated heterocycles. The van der Waals surface area contributed by atoms with Crippen LogP contribution < -0.4 is 10.6 Å². The number of nitrogens with one attached hydrogen (secondary N) is 2. The van der Waals surface area contributed by atoms with E-state index in [0.29, 0.717) is 37.3 Å². The molecule has 1 aliphatic rings. The number of carboxylic acids is 2. The minimum atomic E-state index is -1.13. The van der Waals surface area contributed by atoms with Gasteiger partial charge in [0.15, 0.2) is 5.76 Å². The van der Waals surface area contributed by atoms with Crippen molar-refractivity contribution in [3.63, 3.8) is 0 Å². The summed E-state index contributed by atoms with van der Waals surface area (Å²) in [6.07, 6.45) is 3.38. The van der Waals surface area contributed by atoms with Gasteiger partial charge in [0, 0.05) is 45.9 Å². The molecule has 3 atom stereocenters. The smallest absolute Gasteiger partial charge is 0.326 e. The Morgan fingerprint density at radius 1 is 0.575 bits per heavy atom. The Morgan fingerprint density at radius 2 is 1.01 bits per heavy atom. The van der Waals surface area contributed by atoms with Crippen molar-refractivity contribution in [2.45, 2.75) is 96.4 Å². The van der Waals surface area contributed by atoms with Crippen LogP contribution >= 0.6 is 0 Å². The summed E-state index contributed by atoms with van der Waals surface area (Å²) in [6.45, 7) is 0.779. The Labute approximate surface area is 421 Å². The number of methoxy groups -OCH3 is 1. The lowest BCUT2D eigenvalue weighted by molar-refractivity contribution is -0.142. The average molecular weight is 999 g/mol. The number of ether oxygens (including phenoxy) is 6. The fourth-order valence-corrected chi connectivity index (χ4v) is 7.58. The van der Waals surface area contributed by atoms with Crippen molar-refractivity contribution < 1.29 is 57.8 Å². The highest BCUT2D eigenvalue weighted by Gasteiger charge is 2.36. The predicted octanol–water partition coefficient (Wildman–Crippen LogP) is 5.65. The molecule has 0 fully saturated rings. The van der Waals surface area contributed by atoms with Gasteiger partial charge in [-0.15, -0.1) is 10.2 Å². The molecule has 0 spiro atoms. The summed E-state index contributed by atoms with van der Waals surface area (Å²) >= 11 is 0. The van der Waals surface area contributed by atoms with Gasteiger partial charge in [0.2, 0.25) is 29.1 Å². The molecule has 20 heteroatoms. The van der Waals surface area contributed by atoms with E-state index in [9.17, 15) is 29.4 Å². The summed E-state index contributed by atoms with van der Waals surface area (Å²) in [5.74, 6) is -2.29. The lowest BCUT2D eigenvalue weighted by atomic mass is 10.1. The minimum Gasteiger partial charge on any atom is -0.482 e. The maximum absolute atomic E-state index is 12.8. The van der Waals surface area contributed by atoms with Crippen molar-refractivity contribution in [3.05, 3.63) is 190 Å². The van der Waals surface area contributed by atoms with E-state index in [1.807, 2.05) is 121 Å². The first-order chi connectivity index (χ1) is 35.6. The van der Waals surface area contributed by atoms with Gasteiger partial charge in [-0.25, -0.2) is 9.59 Å². The third kappa shape index (κ3) is 16.6. The normalized spacial score (nSPS) is 14.2. The van der Waals surface area contributed by atoms with Gasteiger partial charge in [-0.2, -0.15) is 0 Å². The molecule has 0 radical (unpaired) electrons. The standard InChI is InChI=1S/C53H58N8O12/c1-68-53-50(72-35-42-31-61(59-57-42)27-15-25-47(63)55-44(52(66)67)29-38-18-8-3-9-19-38)49(48(70-33-40-22-12-5-13-23-40)45(73-53)36-69-32-39-20-10-4-11-21-39)71-34-41-30-60(58-56-41)26-14-24-46(62)54-43(51(64)65)28-37-16-6-2-7-17-37/h2-13,16-23,30-31,43-44,53H,14-15,24-29,32-36H2,1H3,(H,54,62)(H,55,63)(H,64,65)(H,66,67)/t43-,44-,53-/m0/s1. The average Bonchev–Trinajstić information content (AvgIpc) is 4.07. The number of benzene rings is 4. The van der Waals surface area contributed by atoms with Gasteiger partial charge in [0.1, 0.15) is 49.9 Å². The summed E-state index contributed by atoms with van der Waals surface area (Å²) in [7, 11) is 1.45. The van der Waals surface area contributed by atoms with E-state index in [2.05, 4.69) is 31.3 Å². The van der Waals surface area contributed by atoms with Crippen LogP contribution in [0.2, 0.25) is 0 Å². The lowest BCUT2D eigenvalue weighted by Gasteiger charge is -2.31. The molecule has 2 amide bonds. The van der Waals surface area contributed by atoms with Gasteiger partial charge in [0.25, 0.3) is 6.29 Å². The van der Waals surface area contributed by atoms with Crippen LogP contribution in [0.5, 0.6) is 0 Å². The molecule has 0 bridgehead atoms. The topological polar surface area (TPSA) is 250 Å². The van der Waals surface area contributed by atoms with Crippen LogP contribution in [0.4, 0.5) is 0 Å². The molecule has 0 saturated carbocycles. The number of carbonyl (C=O) groups excluding carboxylic acids is 2. The molecule has 7 rings (SSSR count). The maximum Gasteiger partial charge on any atom is 0.326 e. The number of nitrogens with zero attached hydrogens (tertiary/aromatic N) is 6. The second-order valence-corrected chi connectivity index (χ2v) is 16.9. The van der Waals surface area contributed by atoms with E-state index in [-0.39, 0.29) is 81.8 Å². The SMILES string of the molecule is CO[C@H]1OC(COCc2ccccc2)=C(OCc2ccccc2)C(OCc2cn(CCCC(=O)N[C@@H](Cc3ccccc3)C(=O)O)nn2)=C1OCc1cn(CCCC(=O)N[C@@H](Cc2ccccc2)C(=O)O)nn1. The van der Waals surface area contributed by atoms with Crippen LogP contribution in [0.15, 0.2) is 157 Å². The Hall–Kier alpha value is -8.36. The third-order valence-electron chi connectivity index (χ3n) is 11.3. The van der Waals surface area contributed by atoms with E-state index in [1.165, 1.54) is 7.11 Å². The number of hydrogen-bond acceptors (Lipinski definition) is 14. The Balaban J connectivity index is 1.03. The van der Waals surface area contributed by atoms with E-state index in [1.54, 1.807) is 21.8 Å². The molecule has 1 aliphatic heterocycles. The molecule has 73 heavy (non-hydrogen) atoms. The monoisotopic (exact) mass is 998 g/mol. The number of aryl methyl sites for hydroxylation is 2. The molecule has 3 heterocycles. The number of aliphatic carboxylic acids is 2. The summed E-state index contributed by atoms with van der Waals surface area (Å²) < 4.78 is 40.9. The molecule has 4 N–H and O–H groups in total. The zero-order chi connectivity index (χ0) is 51.2. The van der Waals surface area contributed by atoms with Gasteiger partial charge in [0.05, 0.1) is 19.0 Å². The van der Waals surface area contributed by atoms with Crippen LogP contribution in [0.1, 0.15) is 59.3 Å². The number of aromatic nitrogens is 6. The van der Waals surface area contributed by atoms with Crippen molar-refractivity contribution in [2.24, 2.45) is 0 Å². The van der Waals surface area contributed by atoms with Crippen molar-refractivity contribution >= 4 is 23.8 Å². The second kappa shape index (κ2) is 27.3. The molecule has 0 aliphatic carbocycles. The number of rotatable bonds is 30. The molecular weight excluding hydrogens is 941 g/mol. The van der Waals surface area contributed by atoms with Gasteiger partial charge in [-0.3, -0.25) is 19.0 Å². The third-order valence-corrected chi connectivity index (χ3v) is 11.3. The van der Waals surface area contributed by atoms with Gasteiger partial charge < -0.3 is 49.3 Å². The minimum absolute atomic E-state index is 0.0292. The van der Waals surface area contributed by atoms with Crippen molar-refractivity contribution in [2.75, 3.05) is 13.7 Å². The van der Waals surface area contributed by atoms with Gasteiger partial charge >= 0.3 is 11.9 Å². The summed E-state index contributed by atoms with van der Waals surface area (Å²) in [5, 5.41) is 41.7. The molecule has 382 valence electrons. The largest absolute Gasteiger partial charge is 0.482 e. The van der Waals surface area contributed by atoms with Crippen molar-refractivity contribution in [3.8, 4) is 0 Å². The first kappa shape index (κ1) is 52.5. The van der Waals surface area contributed by atoms with Crippen LogP contribution in [0.25, 0.3) is 0 Å². The van der Waals surface area contributed by atoms with Crippen LogP contribution in [0, 0.1) is 0 Å². The molecule has 20 nitrogen and oxygen atoms in total. The fourth-order valence-electron chi connectivity index (χ4n) is 7.58. The number of amides is 2. The first-order valence-corrected chi connectivity index (χ1v) is 23.7. The van der Waals surface area contributed by atoms with E-state index in [4.69, 9.17) is 28.4 Å². The Morgan fingerprint density at radius 3 is 1.48 bits per heavy atom. The number of carboxylic acid groups (broad SMARTS) is 2. The summed E-state index contributed by atoms with van der Waals surface area (Å²) in [5.41, 5.74) is 4.27. The lowest BCUT2D eigenvalue weighted by Crippen LogP contribution is -2.42. The predicted molar refractivity (Wildman–Crippen MR) is 261 cm³/mol.